The standard InChI is InChI=1S/C2H4.H2O5S/c1-2;1-5-6(2,3)4/h1-2H2;1H,(H,2,3,4). The van der Waals surface area contributed by atoms with Crippen molar-refractivity contribution >= 4 is 10.4 Å². The van der Waals surface area contributed by atoms with Crippen molar-refractivity contribution in [1.82, 2.24) is 0 Å². The molecule has 0 spiro atoms. The predicted octanol–water partition coefficient (Wildman–Crippen LogP) is 0.0810. The molecule has 0 bridgehead atoms. The van der Waals surface area contributed by atoms with E-state index in [2.05, 4.69) is 17.5 Å². The highest BCUT2D eigenvalue weighted by Crippen LogP contribution is 1.74. The van der Waals surface area contributed by atoms with Gasteiger partial charge in [-0.25, -0.2) is 5.26 Å². The van der Waals surface area contributed by atoms with Gasteiger partial charge >= 0.3 is 10.4 Å². The van der Waals surface area contributed by atoms with Crippen molar-refractivity contribution in [1.29, 1.82) is 0 Å². The first-order valence-corrected chi connectivity index (χ1v) is 2.73. The van der Waals surface area contributed by atoms with Gasteiger partial charge in [0.15, 0.2) is 0 Å². The predicted molar refractivity (Wildman–Crippen MR) is 26.5 cm³/mol. The van der Waals surface area contributed by atoms with Gasteiger partial charge in [-0.15, -0.1) is 13.2 Å². The molecule has 0 fully saturated rings. The van der Waals surface area contributed by atoms with Gasteiger partial charge in [0, 0.05) is 0 Å². The van der Waals surface area contributed by atoms with E-state index in [-0.39, 0.29) is 0 Å². The monoisotopic (exact) mass is 142 g/mol. The summed E-state index contributed by atoms with van der Waals surface area (Å²) >= 11 is 0. The minimum atomic E-state index is -4.61. The topological polar surface area (TPSA) is 83.8 Å². The van der Waals surface area contributed by atoms with Crippen molar-refractivity contribution in [2.75, 3.05) is 0 Å². The first kappa shape index (κ1) is 10.5. The highest BCUT2D eigenvalue weighted by Gasteiger charge is 1.97. The van der Waals surface area contributed by atoms with E-state index in [1.807, 2.05) is 0 Å². The molecule has 0 unspecified atom stereocenters. The summed E-state index contributed by atoms with van der Waals surface area (Å²) in [6, 6.07) is 0. The van der Waals surface area contributed by atoms with Crippen molar-refractivity contribution in [3.63, 3.8) is 0 Å². The van der Waals surface area contributed by atoms with Gasteiger partial charge in [0.25, 0.3) is 0 Å². The molecular formula is C2H6O5S. The van der Waals surface area contributed by atoms with Crippen molar-refractivity contribution < 1.29 is 22.6 Å². The van der Waals surface area contributed by atoms with Crippen LogP contribution in [0.15, 0.2) is 13.2 Å². The Labute approximate surface area is 47.1 Å². The zero-order chi connectivity index (χ0) is 7.21. The third-order valence-electron chi connectivity index (χ3n) is 0.0942. The molecule has 0 rings (SSSR count). The molecule has 6 heteroatoms. The Hall–Kier alpha value is -0.430. The molecule has 2 N–H and O–H groups in total. The van der Waals surface area contributed by atoms with Crippen LogP contribution in [0.1, 0.15) is 0 Å². The fourth-order valence-corrected chi connectivity index (χ4v) is 0. The van der Waals surface area contributed by atoms with Crippen LogP contribution in [-0.2, 0) is 14.7 Å². The summed E-state index contributed by atoms with van der Waals surface area (Å²) in [7, 11) is -4.61. The van der Waals surface area contributed by atoms with Crippen LogP contribution in [0, 0.1) is 0 Å². The van der Waals surface area contributed by atoms with Gasteiger partial charge in [0.05, 0.1) is 0 Å². The first-order chi connectivity index (χ1) is 3.56. The summed E-state index contributed by atoms with van der Waals surface area (Å²) in [6.07, 6.45) is 0. The smallest absolute Gasteiger partial charge is 0.262 e. The molecule has 50 valence electrons. The lowest BCUT2D eigenvalue weighted by molar-refractivity contribution is -0.139. The van der Waals surface area contributed by atoms with Crippen LogP contribution in [0.5, 0.6) is 0 Å². The SMILES string of the molecule is C=C.O=S(=O)(O)OO. The van der Waals surface area contributed by atoms with Crippen LogP contribution in [-0.4, -0.2) is 18.2 Å². The third kappa shape index (κ3) is 17.6. The molecule has 0 aliphatic rings. The fourth-order valence-electron chi connectivity index (χ4n) is 0. The zero-order valence-corrected chi connectivity index (χ0v) is 4.76. The van der Waals surface area contributed by atoms with E-state index in [0.717, 1.165) is 0 Å². The fraction of sp³-hybridized carbons (Fsp3) is 0. The molecule has 0 aromatic carbocycles. The van der Waals surface area contributed by atoms with Gasteiger partial charge < -0.3 is 0 Å². The molecule has 0 aromatic rings. The van der Waals surface area contributed by atoms with Crippen LogP contribution >= 0.6 is 0 Å². The minimum Gasteiger partial charge on any atom is -0.262 e. The Balaban J connectivity index is 0. The maximum Gasteiger partial charge on any atom is 0.423 e. The van der Waals surface area contributed by atoms with Crippen LogP contribution in [0.3, 0.4) is 0 Å². The van der Waals surface area contributed by atoms with Gasteiger partial charge in [-0.2, -0.15) is 8.42 Å². The van der Waals surface area contributed by atoms with Crippen molar-refractivity contribution in [2.45, 2.75) is 0 Å². The molecule has 0 radical (unpaired) electrons. The van der Waals surface area contributed by atoms with E-state index >= 15 is 0 Å². The lowest BCUT2D eigenvalue weighted by Gasteiger charge is -1.79. The third-order valence-corrected chi connectivity index (χ3v) is 0.283. The van der Waals surface area contributed by atoms with Gasteiger partial charge in [-0.3, -0.25) is 4.55 Å². The van der Waals surface area contributed by atoms with Crippen molar-refractivity contribution in [2.24, 2.45) is 0 Å². The van der Waals surface area contributed by atoms with Crippen LogP contribution in [0.2, 0.25) is 0 Å². The van der Waals surface area contributed by atoms with Gasteiger partial charge in [0.2, 0.25) is 0 Å². The zero-order valence-electron chi connectivity index (χ0n) is 3.94. The molecule has 0 saturated carbocycles. The molecule has 0 heterocycles. The Morgan fingerprint density at radius 1 is 1.38 bits per heavy atom. The second kappa shape index (κ2) is 4.72. The van der Waals surface area contributed by atoms with E-state index in [1.54, 1.807) is 0 Å². The quantitative estimate of drug-likeness (QED) is 0.234. The maximum atomic E-state index is 9.08. The number of rotatable bonds is 1. The highest BCUT2D eigenvalue weighted by molar-refractivity contribution is 7.80. The average molecular weight is 142 g/mol. The van der Waals surface area contributed by atoms with E-state index in [1.165, 1.54) is 0 Å². The van der Waals surface area contributed by atoms with Gasteiger partial charge in [-0.05, 0) is 0 Å². The average Bonchev–Trinajstić information content (AvgIpc) is 1.71. The van der Waals surface area contributed by atoms with Crippen molar-refractivity contribution in [3.05, 3.63) is 13.2 Å². The summed E-state index contributed by atoms with van der Waals surface area (Å²) in [5.74, 6) is 0. The second-order valence-electron chi connectivity index (χ2n) is 0.502. The highest BCUT2D eigenvalue weighted by atomic mass is 32.3. The number of hydrogen-bond acceptors (Lipinski definition) is 4. The maximum absolute atomic E-state index is 9.08. The molecule has 5 nitrogen and oxygen atoms in total. The van der Waals surface area contributed by atoms with Gasteiger partial charge in [0.1, 0.15) is 0 Å². The molecular weight excluding hydrogens is 136 g/mol. The Morgan fingerprint density at radius 3 is 1.50 bits per heavy atom. The lowest BCUT2D eigenvalue weighted by Crippen LogP contribution is -1.97. The summed E-state index contributed by atoms with van der Waals surface area (Å²) in [5, 5.41) is 7.06. The minimum absolute atomic E-state index is 2.47. The largest absolute Gasteiger partial charge is 0.423 e. The van der Waals surface area contributed by atoms with E-state index < -0.39 is 10.4 Å². The summed E-state index contributed by atoms with van der Waals surface area (Å²) in [6.45, 7) is 6.00. The number of hydrogen-bond donors (Lipinski definition) is 2. The van der Waals surface area contributed by atoms with Crippen molar-refractivity contribution in [3.8, 4) is 0 Å². The summed E-state index contributed by atoms with van der Waals surface area (Å²) in [5.41, 5.74) is 0. The molecule has 0 aliphatic carbocycles. The molecule has 0 aromatic heterocycles. The van der Waals surface area contributed by atoms with E-state index in [4.69, 9.17) is 18.2 Å². The van der Waals surface area contributed by atoms with E-state index in [9.17, 15) is 0 Å². The lowest BCUT2D eigenvalue weighted by atomic mass is 11.3. The van der Waals surface area contributed by atoms with Crippen LogP contribution in [0.25, 0.3) is 0 Å². The molecule has 8 heavy (non-hydrogen) atoms. The normalized spacial score (nSPS) is 9.25. The molecule has 0 atom stereocenters. The Kier molecular flexibility index (Phi) is 6.22. The van der Waals surface area contributed by atoms with Crippen LogP contribution in [0.4, 0.5) is 0 Å². The van der Waals surface area contributed by atoms with Gasteiger partial charge in [-0.1, -0.05) is 4.33 Å². The first-order valence-electron chi connectivity index (χ1n) is 1.37. The Morgan fingerprint density at radius 2 is 1.50 bits per heavy atom. The molecule has 0 saturated heterocycles. The Bertz CT molecular complexity index is 123. The molecule has 0 aliphatic heterocycles. The van der Waals surface area contributed by atoms with Crippen LogP contribution < -0.4 is 0 Å². The van der Waals surface area contributed by atoms with E-state index in [0.29, 0.717) is 0 Å². The summed E-state index contributed by atoms with van der Waals surface area (Å²) < 4.78 is 28.0. The second-order valence-corrected chi connectivity index (χ2v) is 1.51. The molecule has 0 amide bonds. The summed E-state index contributed by atoms with van der Waals surface area (Å²) in [4.78, 5) is 0.